The van der Waals surface area contributed by atoms with Crippen molar-refractivity contribution < 1.29 is 77.8 Å². The molecule has 0 bridgehead atoms. The molecule has 21 nitrogen and oxygen atoms in total. The average molecular weight is 585 g/mol. The van der Waals surface area contributed by atoms with Gasteiger partial charge < -0.3 is 69.8 Å². The van der Waals surface area contributed by atoms with Gasteiger partial charge in [0.15, 0.2) is 23.3 Å². The summed E-state index contributed by atoms with van der Waals surface area (Å²) < 4.78 is 33.5. The van der Waals surface area contributed by atoms with Crippen LogP contribution in [0.2, 0.25) is 0 Å². The largest absolute Gasteiger partial charge is 0.466 e. The minimum absolute atomic E-state index is 0.167. The van der Waals surface area contributed by atoms with Gasteiger partial charge in [-0.25, -0.2) is 28.6 Å². The Balaban J connectivity index is 0.000000672. The van der Waals surface area contributed by atoms with E-state index < -0.39 is 54.1 Å². The Labute approximate surface area is 199 Å². The monoisotopic (exact) mass is 585 g/mol. The predicted molar refractivity (Wildman–Crippen MR) is 113 cm³/mol. The Hall–Kier alpha value is -1.92. The van der Waals surface area contributed by atoms with Gasteiger partial charge in [-0.15, -0.1) is 6.42 Å². The molecule has 2 aromatic rings. The lowest BCUT2D eigenvalue weighted by molar-refractivity contribution is -0.0721. The Morgan fingerprint density at radius 2 is 1.44 bits per heavy atom. The highest BCUT2D eigenvalue weighted by molar-refractivity contribution is 7.45. The molecule has 1 aliphatic heterocycles. The second kappa shape index (κ2) is 13.0. The third-order valence-electron chi connectivity index (χ3n) is 3.53. The number of nitrogen functional groups attached to an aromatic ring is 1. The predicted octanol–water partition coefficient (Wildman–Crippen LogP) is -4.76. The molecular weight excluding hydrogens is 563 g/mol. The van der Waals surface area contributed by atoms with Crippen molar-refractivity contribution in [3.63, 3.8) is 0 Å². The second-order valence-corrected chi connectivity index (χ2v) is 9.33. The zero-order chi connectivity index (χ0) is 28.7. The van der Waals surface area contributed by atoms with E-state index in [0.717, 1.165) is 0 Å². The maximum atomic E-state index is 10.5. The Kier molecular flexibility index (Phi) is 12.4. The van der Waals surface area contributed by atoms with Crippen molar-refractivity contribution in [1.82, 2.24) is 19.5 Å². The Morgan fingerprint density at radius 3 is 1.83 bits per heavy atom. The van der Waals surface area contributed by atoms with Crippen LogP contribution < -0.4 is 5.73 Å². The zero-order valence-corrected chi connectivity index (χ0v) is 20.1. The Bertz CT molecular complexity index is 1110. The van der Waals surface area contributed by atoms with Crippen molar-refractivity contribution in [2.45, 2.75) is 24.0 Å². The molecule has 36 heavy (non-hydrogen) atoms. The topological polar surface area (TPSA) is 373 Å². The van der Waals surface area contributed by atoms with Gasteiger partial charge in [0.25, 0.3) is 0 Å². The summed E-state index contributed by atoms with van der Waals surface area (Å²) in [5.74, 6) is 2.29. The van der Waals surface area contributed by atoms with Gasteiger partial charge in [-0.2, -0.15) is 0 Å². The van der Waals surface area contributed by atoms with Gasteiger partial charge in [-0.3, -0.25) is 4.57 Å². The lowest BCUT2D eigenvalue weighted by Gasteiger charge is -2.26. The molecule has 3 rings (SSSR count). The van der Waals surface area contributed by atoms with Gasteiger partial charge in [-0.1, -0.05) is 5.92 Å². The number of hydrogen-bond acceptors (Lipinski definition) is 11. The molecule has 0 aromatic carbocycles. The highest BCUT2D eigenvalue weighted by Gasteiger charge is 2.55. The van der Waals surface area contributed by atoms with E-state index in [1.165, 1.54) is 17.2 Å². The fraction of sp³-hybridized carbons (Fsp3) is 0.417. The summed E-state index contributed by atoms with van der Waals surface area (Å²) in [6, 6.07) is 0. The van der Waals surface area contributed by atoms with Crippen LogP contribution in [0.5, 0.6) is 0 Å². The standard InChI is InChI=1S/C12H13N5O4.3H3O4P/c1-2-12(20)8(19)6(3-18)21-11(12)17-5-16-7-9(13)14-4-15-10(7)17;3*1-5(2,3)4/h1,4-6,8,11,18-20H,3H2,(H2,13,14,15);3*(H3,1,2,3,4)/t6-,8-,11-,12-;;;/m1.../s1. The summed E-state index contributed by atoms with van der Waals surface area (Å²) in [5.41, 5.74) is 4.28. The van der Waals surface area contributed by atoms with Crippen molar-refractivity contribution in [3.05, 3.63) is 12.7 Å². The van der Waals surface area contributed by atoms with Gasteiger partial charge in [0.2, 0.25) is 0 Å². The van der Waals surface area contributed by atoms with Crippen LogP contribution in [-0.4, -0.2) is 103 Å². The number of terminal acetylenes is 1. The van der Waals surface area contributed by atoms with Gasteiger partial charge in [0.1, 0.15) is 24.1 Å². The maximum absolute atomic E-state index is 10.5. The SMILES string of the molecule is C#C[C@@]1(O)[C@H](O)[C@@H](CO)O[C@H]1n1cnc2c(N)ncnc21.O=P(O)(O)O.O=P(O)(O)O.O=P(O)(O)O. The lowest BCUT2D eigenvalue weighted by Crippen LogP contribution is -2.45. The number of ether oxygens (including phenoxy) is 1. The van der Waals surface area contributed by atoms with Gasteiger partial charge in [-0.05, 0) is 0 Å². The van der Waals surface area contributed by atoms with E-state index in [4.69, 9.17) is 74.6 Å². The first-order valence-electron chi connectivity index (χ1n) is 8.45. The van der Waals surface area contributed by atoms with Crippen LogP contribution in [0.15, 0.2) is 12.7 Å². The molecule has 206 valence electrons. The molecule has 0 aliphatic carbocycles. The number of nitrogens with two attached hydrogens (primary N) is 1. The highest BCUT2D eigenvalue weighted by atomic mass is 31.2. The van der Waals surface area contributed by atoms with Gasteiger partial charge >= 0.3 is 23.5 Å². The molecule has 0 amide bonds. The van der Waals surface area contributed by atoms with Crippen molar-refractivity contribution in [2.24, 2.45) is 0 Å². The molecule has 1 saturated heterocycles. The molecule has 14 N–H and O–H groups in total. The fourth-order valence-corrected chi connectivity index (χ4v) is 2.39. The summed E-state index contributed by atoms with van der Waals surface area (Å²) >= 11 is 0. The molecular formula is C12H22N5O16P3. The van der Waals surface area contributed by atoms with Crippen LogP contribution in [0.3, 0.4) is 0 Å². The molecule has 1 fully saturated rings. The molecule has 0 spiro atoms. The first kappa shape index (κ1) is 34.1. The summed E-state index contributed by atoms with van der Waals surface area (Å²) in [5, 5.41) is 29.7. The van der Waals surface area contributed by atoms with Gasteiger partial charge in [0.05, 0.1) is 12.9 Å². The normalized spacial score (nSPS) is 23.8. The lowest BCUT2D eigenvalue weighted by atomic mass is 9.95. The summed E-state index contributed by atoms with van der Waals surface area (Å²) in [4.78, 5) is 76.6. The van der Waals surface area contributed by atoms with E-state index in [-0.39, 0.29) is 5.82 Å². The molecule has 4 atom stereocenters. The molecule has 1 aliphatic rings. The smallest absolute Gasteiger partial charge is 0.394 e. The maximum Gasteiger partial charge on any atom is 0.466 e. The molecule has 0 unspecified atom stereocenters. The molecule has 3 heterocycles. The average Bonchev–Trinajstić information content (AvgIpc) is 3.19. The first-order chi connectivity index (χ1) is 16.0. The number of aliphatic hydroxyl groups is 3. The molecule has 24 heteroatoms. The van der Waals surface area contributed by atoms with E-state index in [1.807, 2.05) is 0 Å². The number of fused-ring (bicyclic) bond motifs is 1. The van der Waals surface area contributed by atoms with E-state index in [1.54, 1.807) is 0 Å². The molecule has 0 radical (unpaired) electrons. The van der Waals surface area contributed by atoms with Crippen LogP contribution in [0.1, 0.15) is 6.23 Å². The zero-order valence-electron chi connectivity index (χ0n) is 17.4. The van der Waals surface area contributed by atoms with Crippen LogP contribution in [0.4, 0.5) is 5.82 Å². The number of imidazole rings is 1. The van der Waals surface area contributed by atoms with Crippen LogP contribution in [0, 0.1) is 12.3 Å². The summed E-state index contributed by atoms with van der Waals surface area (Å²) in [7, 11) is -13.9. The number of aliphatic hydroxyl groups excluding tert-OH is 2. The first-order valence-corrected chi connectivity index (χ1v) is 13.1. The van der Waals surface area contributed by atoms with Crippen LogP contribution in [-0.2, 0) is 18.4 Å². The van der Waals surface area contributed by atoms with Gasteiger partial charge in [0, 0.05) is 0 Å². The number of hydrogen-bond donors (Lipinski definition) is 13. The van der Waals surface area contributed by atoms with E-state index >= 15 is 0 Å². The van der Waals surface area contributed by atoms with Crippen molar-refractivity contribution in [2.75, 3.05) is 12.3 Å². The van der Waals surface area contributed by atoms with Crippen LogP contribution >= 0.6 is 23.5 Å². The molecule has 2 aromatic heterocycles. The summed E-state index contributed by atoms with van der Waals surface area (Å²) in [6.07, 6.45) is 4.27. The minimum atomic E-state index is -4.64. The van der Waals surface area contributed by atoms with Crippen molar-refractivity contribution in [1.29, 1.82) is 0 Å². The quantitative estimate of drug-likeness (QED) is 0.116. The number of rotatable bonds is 2. The fourth-order valence-electron chi connectivity index (χ4n) is 2.39. The Morgan fingerprint density at radius 1 is 1.00 bits per heavy atom. The van der Waals surface area contributed by atoms with E-state index in [0.29, 0.717) is 11.2 Å². The van der Waals surface area contributed by atoms with Crippen molar-refractivity contribution >= 4 is 40.4 Å². The third kappa shape index (κ3) is 12.4. The number of anilines is 1. The highest BCUT2D eigenvalue weighted by Crippen LogP contribution is 2.39. The summed E-state index contributed by atoms with van der Waals surface area (Å²) in [6.45, 7) is -0.495. The third-order valence-corrected chi connectivity index (χ3v) is 3.53. The van der Waals surface area contributed by atoms with Crippen molar-refractivity contribution in [3.8, 4) is 12.3 Å². The minimum Gasteiger partial charge on any atom is -0.394 e. The van der Waals surface area contributed by atoms with Crippen LogP contribution in [0.25, 0.3) is 11.2 Å². The number of phosphoric acid groups is 3. The molecule has 0 saturated carbocycles. The second-order valence-electron chi connectivity index (χ2n) is 6.25. The number of aromatic nitrogens is 4. The van der Waals surface area contributed by atoms with E-state index in [9.17, 15) is 15.3 Å². The number of nitrogens with zero attached hydrogens (tertiary/aromatic N) is 4. The van der Waals surface area contributed by atoms with E-state index in [2.05, 4.69) is 20.9 Å².